The topological polar surface area (TPSA) is 132 Å². The molecule has 0 unspecified atom stereocenters. The molecule has 1 aromatic rings. The number of thiazole rings is 1. The minimum absolute atomic E-state index is 0.103. The van der Waals surface area contributed by atoms with Crippen molar-refractivity contribution in [2.24, 2.45) is 5.16 Å². The predicted molar refractivity (Wildman–Crippen MR) is 108 cm³/mol. The van der Waals surface area contributed by atoms with Gasteiger partial charge in [-0.05, 0) is 34.6 Å². The number of rotatable bonds is 10. The standard InChI is InChI=1S/C15H24N3O7PS2/c1-6-22-26(27,23-7-2)25-13(20)12(10-9-28-14(16)17-10)18-21-8-11(19)24-15(3,4)5/h9H,6-8H2,1-5H3,(H2,16,17). The molecule has 0 aliphatic carbocycles. The molecule has 0 aliphatic heterocycles. The molecule has 13 heteroatoms. The van der Waals surface area contributed by atoms with Crippen LogP contribution in [-0.4, -0.2) is 48.1 Å². The summed E-state index contributed by atoms with van der Waals surface area (Å²) < 4.78 is 20.9. The summed E-state index contributed by atoms with van der Waals surface area (Å²) in [5, 5.41) is 5.36. The average Bonchev–Trinajstić information content (AvgIpc) is 2.96. The van der Waals surface area contributed by atoms with Crippen LogP contribution >= 0.6 is 18.1 Å². The fourth-order valence-electron chi connectivity index (χ4n) is 1.66. The van der Waals surface area contributed by atoms with Crippen LogP contribution in [0.3, 0.4) is 0 Å². The van der Waals surface area contributed by atoms with Crippen molar-refractivity contribution in [1.29, 1.82) is 0 Å². The van der Waals surface area contributed by atoms with Gasteiger partial charge in [0.15, 0.2) is 5.13 Å². The first kappa shape index (κ1) is 24.4. The van der Waals surface area contributed by atoms with Crippen LogP contribution < -0.4 is 5.73 Å². The molecule has 0 aliphatic rings. The van der Waals surface area contributed by atoms with E-state index in [9.17, 15) is 9.59 Å². The number of hydrogen-bond acceptors (Lipinski definition) is 12. The van der Waals surface area contributed by atoms with Gasteiger partial charge >= 0.3 is 18.7 Å². The van der Waals surface area contributed by atoms with Gasteiger partial charge in [-0.25, -0.2) is 14.6 Å². The van der Waals surface area contributed by atoms with Crippen LogP contribution in [0.1, 0.15) is 40.3 Å². The summed E-state index contributed by atoms with van der Waals surface area (Å²) in [6.07, 6.45) is 0. The lowest BCUT2D eigenvalue weighted by molar-refractivity contribution is -0.160. The van der Waals surface area contributed by atoms with Crippen molar-refractivity contribution in [3.05, 3.63) is 11.1 Å². The lowest BCUT2D eigenvalue weighted by Gasteiger charge is -2.20. The molecule has 10 nitrogen and oxygen atoms in total. The van der Waals surface area contributed by atoms with Gasteiger partial charge in [0.1, 0.15) is 11.3 Å². The normalized spacial score (nSPS) is 12.5. The third-order valence-electron chi connectivity index (χ3n) is 2.49. The number of esters is 1. The second-order valence-electron chi connectivity index (χ2n) is 6.03. The number of hydrogen-bond donors (Lipinski definition) is 1. The molecule has 0 spiro atoms. The van der Waals surface area contributed by atoms with Crippen molar-refractivity contribution in [2.45, 2.75) is 40.2 Å². The first-order valence-corrected chi connectivity index (χ1v) is 11.7. The van der Waals surface area contributed by atoms with Crippen molar-refractivity contribution in [3.63, 3.8) is 0 Å². The highest BCUT2D eigenvalue weighted by molar-refractivity contribution is 8.07. The molecule has 1 aromatic heterocycles. The Morgan fingerprint density at radius 1 is 1.29 bits per heavy atom. The predicted octanol–water partition coefficient (Wildman–Crippen LogP) is 2.63. The molecule has 158 valence electrons. The van der Waals surface area contributed by atoms with E-state index in [4.69, 9.17) is 40.7 Å². The fourth-order valence-corrected chi connectivity index (χ4v) is 4.14. The molecule has 0 fully saturated rings. The first-order chi connectivity index (χ1) is 13.0. The van der Waals surface area contributed by atoms with Gasteiger partial charge in [0.25, 0.3) is 0 Å². The van der Waals surface area contributed by atoms with Crippen LogP contribution in [0.4, 0.5) is 5.13 Å². The van der Waals surface area contributed by atoms with Gasteiger partial charge in [-0.1, -0.05) is 5.16 Å². The maximum Gasteiger partial charge on any atom is 0.383 e. The molecular weight excluding hydrogens is 429 g/mol. The zero-order chi connectivity index (χ0) is 21.4. The maximum absolute atomic E-state index is 12.6. The summed E-state index contributed by atoms with van der Waals surface area (Å²) in [6, 6.07) is 0. The molecule has 1 rings (SSSR count). The summed E-state index contributed by atoms with van der Waals surface area (Å²) in [5.41, 5.74) is 4.70. The van der Waals surface area contributed by atoms with E-state index >= 15 is 0 Å². The number of anilines is 1. The smallest absolute Gasteiger partial charge is 0.383 e. The van der Waals surface area contributed by atoms with Crippen LogP contribution in [0, 0.1) is 0 Å². The SMILES string of the molecule is CCOP(=S)(OCC)OC(=O)C(=NOCC(=O)OC(C)(C)C)c1csc(N)n1. The lowest BCUT2D eigenvalue weighted by Crippen LogP contribution is -2.26. The summed E-state index contributed by atoms with van der Waals surface area (Å²) in [4.78, 5) is 33.3. The Balaban J connectivity index is 2.98. The highest BCUT2D eigenvalue weighted by Gasteiger charge is 2.30. The first-order valence-electron chi connectivity index (χ1n) is 8.26. The molecule has 1 heterocycles. The minimum atomic E-state index is -3.32. The van der Waals surface area contributed by atoms with Crippen molar-refractivity contribution >= 4 is 52.6 Å². The molecule has 0 bridgehead atoms. The summed E-state index contributed by atoms with van der Waals surface area (Å²) >= 11 is 6.26. The Kier molecular flexibility index (Phi) is 9.45. The zero-order valence-corrected chi connectivity index (χ0v) is 18.8. The van der Waals surface area contributed by atoms with Crippen molar-refractivity contribution in [2.75, 3.05) is 25.6 Å². The number of nitrogens with two attached hydrogens (primary N) is 1. The molecule has 0 atom stereocenters. The quantitative estimate of drug-likeness (QED) is 0.244. The Labute approximate surface area is 172 Å². The van der Waals surface area contributed by atoms with E-state index in [0.717, 1.165) is 11.3 Å². The highest BCUT2D eigenvalue weighted by Crippen LogP contribution is 2.50. The molecular formula is C15H24N3O7PS2. The zero-order valence-electron chi connectivity index (χ0n) is 16.3. The van der Waals surface area contributed by atoms with Gasteiger partial charge in [-0.15, -0.1) is 11.3 Å². The molecule has 0 saturated heterocycles. The molecule has 0 aromatic carbocycles. The third kappa shape index (κ3) is 8.61. The average molecular weight is 453 g/mol. The number of carbonyl (C=O) groups is 2. The second-order valence-corrected chi connectivity index (χ2v) is 9.86. The molecule has 0 radical (unpaired) electrons. The van der Waals surface area contributed by atoms with E-state index in [1.807, 2.05) is 0 Å². The summed E-state index contributed by atoms with van der Waals surface area (Å²) in [6.45, 7) is 5.06. The number of nitrogen functional groups attached to an aromatic ring is 1. The van der Waals surface area contributed by atoms with Crippen LogP contribution in [0.15, 0.2) is 10.5 Å². The maximum atomic E-state index is 12.6. The molecule has 0 amide bonds. The number of nitrogens with zero attached hydrogens (tertiary/aromatic N) is 2. The van der Waals surface area contributed by atoms with E-state index in [2.05, 4.69) is 10.1 Å². The van der Waals surface area contributed by atoms with Crippen LogP contribution in [0.25, 0.3) is 0 Å². The van der Waals surface area contributed by atoms with Gasteiger partial charge in [-0.3, -0.25) is 9.05 Å². The summed E-state index contributed by atoms with van der Waals surface area (Å²) in [7, 11) is 0. The molecule has 0 saturated carbocycles. The Morgan fingerprint density at radius 2 is 1.89 bits per heavy atom. The van der Waals surface area contributed by atoms with E-state index in [-0.39, 0.29) is 29.8 Å². The van der Waals surface area contributed by atoms with Gasteiger partial charge in [0.2, 0.25) is 12.3 Å². The van der Waals surface area contributed by atoms with Crippen molar-refractivity contribution in [1.82, 2.24) is 4.98 Å². The lowest BCUT2D eigenvalue weighted by atomic mass is 10.2. The number of carbonyl (C=O) groups excluding carboxylic acids is 2. The monoisotopic (exact) mass is 453 g/mol. The number of ether oxygens (including phenoxy) is 1. The largest absolute Gasteiger partial charge is 0.457 e. The van der Waals surface area contributed by atoms with Gasteiger partial charge in [-0.2, -0.15) is 0 Å². The van der Waals surface area contributed by atoms with E-state index in [1.165, 1.54) is 5.38 Å². The van der Waals surface area contributed by atoms with Gasteiger partial charge < -0.3 is 19.8 Å². The third-order valence-corrected chi connectivity index (χ3v) is 5.55. The number of oxime groups is 1. The summed E-state index contributed by atoms with van der Waals surface area (Å²) in [5.74, 6) is -1.63. The highest BCUT2D eigenvalue weighted by atomic mass is 32.5. The van der Waals surface area contributed by atoms with Crippen LogP contribution in [0.2, 0.25) is 0 Å². The van der Waals surface area contributed by atoms with Crippen LogP contribution in [0.5, 0.6) is 0 Å². The second kappa shape index (κ2) is 10.8. The Bertz CT molecular complexity index is 751. The fraction of sp³-hybridized carbons (Fsp3) is 0.600. The van der Waals surface area contributed by atoms with Gasteiger partial charge in [0.05, 0.1) is 13.2 Å². The Hall–Kier alpha value is -1.59. The van der Waals surface area contributed by atoms with E-state index in [1.54, 1.807) is 34.6 Å². The Morgan fingerprint density at radius 3 is 2.36 bits per heavy atom. The number of aromatic nitrogens is 1. The minimum Gasteiger partial charge on any atom is -0.457 e. The van der Waals surface area contributed by atoms with E-state index in [0.29, 0.717) is 0 Å². The van der Waals surface area contributed by atoms with Crippen molar-refractivity contribution < 1.29 is 32.7 Å². The van der Waals surface area contributed by atoms with Crippen molar-refractivity contribution in [3.8, 4) is 0 Å². The van der Waals surface area contributed by atoms with Crippen LogP contribution in [-0.2, 0) is 44.5 Å². The van der Waals surface area contributed by atoms with E-state index < -0.39 is 30.9 Å². The van der Waals surface area contributed by atoms with Gasteiger partial charge in [0, 0.05) is 17.2 Å². The molecule has 28 heavy (non-hydrogen) atoms. The molecule has 2 N–H and O–H groups in total.